The summed E-state index contributed by atoms with van der Waals surface area (Å²) < 4.78 is 12.0. The highest BCUT2D eigenvalue weighted by atomic mass is 16.7. The van der Waals surface area contributed by atoms with Crippen molar-refractivity contribution in [3.8, 4) is 5.75 Å². The zero-order valence-corrected chi connectivity index (χ0v) is 21.1. The first kappa shape index (κ1) is 26.9. The fourth-order valence-electron chi connectivity index (χ4n) is 4.16. The van der Waals surface area contributed by atoms with Gasteiger partial charge < -0.3 is 14.0 Å². The van der Waals surface area contributed by atoms with Gasteiger partial charge in [0.1, 0.15) is 12.3 Å². The summed E-state index contributed by atoms with van der Waals surface area (Å²) in [4.78, 5) is 12.2. The van der Waals surface area contributed by atoms with Gasteiger partial charge in [-0.05, 0) is 24.5 Å². The van der Waals surface area contributed by atoms with Crippen LogP contribution in [0.15, 0.2) is 54.6 Å². The van der Waals surface area contributed by atoms with Crippen molar-refractivity contribution in [2.45, 2.75) is 77.7 Å². The zero-order valence-electron chi connectivity index (χ0n) is 21.1. The van der Waals surface area contributed by atoms with Crippen molar-refractivity contribution < 1.29 is 18.8 Å². The molecule has 4 nitrogen and oxygen atoms in total. The topological polar surface area (TPSA) is 35.5 Å². The molecule has 0 bridgehead atoms. The lowest BCUT2D eigenvalue weighted by molar-refractivity contribution is -0.903. The molecule has 0 amide bonds. The number of benzene rings is 2. The largest absolute Gasteiger partial charge is 0.457 e. The van der Waals surface area contributed by atoms with E-state index in [2.05, 4.69) is 51.4 Å². The van der Waals surface area contributed by atoms with Crippen LogP contribution in [-0.4, -0.2) is 37.9 Å². The lowest BCUT2D eigenvalue weighted by Crippen LogP contribution is -2.39. The first-order valence-corrected chi connectivity index (χ1v) is 12.7. The molecule has 0 saturated carbocycles. The lowest BCUT2D eigenvalue weighted by Gasteiger charge is -2.29. The Balaban J connectivity index is 1.62. The zero-order chi connectivity index (χ0) is 23.8. The van der Waals surface area contributed by atoms with E-state index in [9.17, 15) is 4.79 Å². The summed E-state index contributed by atoms with van der Waals surface area (Å²) in [6.45, 7) is 4.11. The Hall–Kier alpha value is -2.33. The van der Waals surface area contributed by atoms with Gasteiger partial charge in [-0.25, -0.2) is 0 Å². The number of unbranched alkanes of at least 4 members (excludes halogenated alkanes) is 6. The number of hydrogen-bond acceptors (Lipinski definition) is 3. The third-order valence-electron chi connectivity index (χ3n) is 6.05. The molecular weight excluding hydrogens is 410 g/mol. The molecule has 0 aliphatic heterocycles. The first-order chi connectivity index (χ1) is 16.0. The molecule has 2 aromatic rings. The summed E-state index contributed by atoms with van der Waals surface area (Å²) in [5, 5.41) is 0. The number of carbonyl (C=O) groups is 1. The number of quaternary nitrogens is 1. The van der Waals surface area contributed by atoms with Crippen LogP contribution in [0.1, 0.15) is 75.8 Å². The summed E-state index contributed by atoms with van der Waals surface area (Å²) in [5.74, 6) is 0.635. The maximum absolute atomic E-state index is 12.2. The highest BCUT2D eigenvalue weighted by Gasteiger charge is 2.16. The summed E-state index contributed by atoms with van der Waals surface area (Å²) in [6.07, 6.45) is 11.3. The molecule has 2 rings (SSSR count). The molecule has 0 aliphatic carbocycles. The summed E-state index contributed by atoms with van der Waals surface area (Å²) in [5.41, 5.74) is 2.51. The van der Waals surface area contributed by atoms with Crippen molar-refractivity contribution >= 4 is 5.97 Å². The van der Waals surface area contributed by atoms with Crippen molar-refractivity contribution in [3.05, 3.63) is 65.7 Å². The molecule has 4 heteroatoms. The first-order valence-electron chi connectivity index (χ1n) is 12.7. The standard InChI is InChI=1S/C29H44NO3/c1-4-5-6-7-8-9-13-19-27-20-14-15-21-28(27)32-25-33-29(31)22-16-23-30(2,3)24-26-17-11-10-12-18-26/h10-12,14-15,17-18,20-21H,4-9,13,16,19,22-25H2,1-3H3/q+1. The number of esters is 1. The molecule has 0 unspecified atom stereocenters. The van der Waals surface area contributed by atoms with Crippen molar-refractivity contribution in [2.75, 3.05) is 27.4 Å². The van der Waals surface area contributed by atoms with Crippen LogP contribution < -0.4 is 4.74 Å². The molecular formula is C29H44NO3+. The van der Waals surface area contributed by atoms with Crippen molar-refractivity contribution in [2.24, 2.45) is 0 Å². The summed E-state index contributed by atoms with van der Waals surface area (Å²) >= 11 is 0. The van der Waals surface area contributed by atoms with Gasteiger partial charge in [0.15, 0.2) is 0 Å². The van der Waals surface area contributed by atoms with Gasteiger partial charge in [0.25, 0.3) is 0 Å². The Kier molecular flexibility index (Phi) is 12.6. The van der Waals surface area contributed by atoms with Crippen molar-refractivity contribution in [1.82, 2.24) is 0 Å². The predicted molar refractivity (Wildman–Crippen MR) is 136 cm³/mol. The minimum absolute atomic E-state index is 0.0187. The number of para-hydroxylation sites is 1. The molecule has 0 radical (unpaired) electrons. The number of rotatable bonds is 17. The van der Waals surface area contributed by atoms with Crippen LogP contribution >= 0.6 is 0 Å². The molecule has 0 aliphatic rings. The molecule has 0 N–H and O–H groups in total. The van der Waals surface area contributed by atoms with Crippen LogP contribution in [0.5, 0.6) is 5.75 Å². The number of ether oxygens (including phenoxy) is 2. The number of nitrogens with zero attached hydrogens (tertiary/aromatic N) is 1. The average molecular weight is 455 g/mol. The Morgan fingerprint density at radius 2 is 1.48 bits per heavy atom. The molecule has 0 atom stereocenters. The quantitative estimate of drug-likeness (QED) is 0.113. The highest BCUT2D eigenvalue weighted by molar-refractivity contribution is 5.69. The van der Waals surface area contributed by atoms with Crippen LogP contribution in [0.4, 0.5) is 0 Å². The normalized spacial score (nSPS) is 11.4. The van der Waals surface area contributed by atoms with Crippen molar-refractivity contribution in [3.63, 3.8) is 0 Å². The van der Waals surface area contributed by atoms with E-state index in [1.165, 1.54) is 56.1 Å². The molecule has 182 valence electrons. The van der Waals surface area contributed by atoms with E-state index < -0.39 is 0 Å². The van der Waals surface area contributed by atoms with E-state index in [4.69, 9.17) is 9.47 Å². The van der Waals surface area contributed by atoms with E-state index in [-0.39, 0.29) is 12.8 Å². The number of aryl methyl sites for hydroxylation is 1. The fraction of sp³-hybridized carbons (Fsp3) is 0.552. The van der Waals surface area contributed by atoms with Gasteiger partial charge >= 0.3 is 5.97 Å². The van der Waals surface area contributed by atoms with Gasteiger partial charge in [-0.1, -0.05) is 94.0 Å². The Labute approximate surface area is 201 Å². The minimum atomic E-state index is -0.195. The van der Waals surface area contributed by atoms with Gasteiger partial charge in [-0.2, -0.15) is 0 Å². The molecule has 33 heavy (non-hydrogen) atoms. The van der Waals surface area contributed by atoms with Crippen LogP contribution in [0.2, 0.25) is 0 Å². The van der Waals surface area contributed by atoms with Gasteiger partial charge in [0.2, 0.25) is 6.79 Å². The Morgan fingerprint density at radius 1 is 0.818 bits per heavy atom. The second kappa shape index (κ2) is 15.5. The molecule has 0 aromatic heterocycles. The van der Waals surface area contributed by atoms with Crippen LogP contribution in [0.25, 0.3) is 0 Å². The second-order valence-corrected chi connectivity index (χ2v) is 9.66. The predicted octanol–water partition coefficient (Wildman–Crippen LogP) is 6.92. The second-order valence-electron chi connectivity index (χ2n) is 9.66. The summed E-state index contributed by atoms with van der Waals surface area (Å²) in [7, 11) is 4.40. The van der Waals surface area contributed by atoms with E-state index in [1.807, 2.05) is 24.3 Å². The smallest absolute Gasteiger partial charge is 0.308 e. The maximum Gasteiger partial charge on any atom is 0.308 e. The van der Waals surface area contributed by atoms with E-state index >= 15 is 0 Å². The SMILES string of the molecule is CCCCCCCCCc1ccccc1OCOC(=O)CCC[N+](C)(C)Cc1ccccc1. The minimum Gasteiger partial charge on any atom is -0.457 e. The number of hydrogen-bond donors (Lipinski definition) is 0. The van der Waals surface area contributed by atoms with E-state index in [0.29, 0.717) is 6.42 Å². The molecule has 0 spiro atoms. The van der Waals surface area contributed by atoms with Crippen LogP contribution in [0, 0.1) is 0 Å². The third kappa shape index (κ3) is 11.9. The highest BCUT2D eigenvalue weighted by Crippen LogP contribution is 2.21. The average Bonchev–Trinajstić information content (AvgIpc) is 2.79. The van der Waals surface area contributed by atoms with Gasteiger partial charge in [-0.3, -0.25) is 4.79 Å². The van der Waals surface area contributed by atoms with E-state index in [1.54, 1.807) is 0 Å². The van der Waals surface area contributed by atoms with Gasteiger partial charge in [0.05, 0.1) is 27.1 Å². The molecule has 0 saturated heterocycles. The van der Waals surface area contributed by atoms with E-state index in [0.717, 1.165) is 36.2 Å². The molecule has 0 heterocycles. The summed E-state index contributed by atoms with van der Waals surface area (Å²) in [6, 6.07) is 18.6. The Bertz CT molecular complexity index is 788. The monoisotopic (exact) mass is 454 g/mol. The Morgan fingerprint density at radius 3 is 2.24 bits per heavy atom. The lowest BCUT2D eigenvalue weighted by atomic mass is 10.0. The van der Waals surface area contributed by atoms with Crippen LogP contribution in [-0.2, 0) is 22.5 Å². The molecule has 2 aromatic carbocycles. The fourth-order valence-corrected chi connectivity index (χ4v) is 4.16. The van der Waals surface area contributed by atoms with Crippen molar-refractivity contribution in [1.29, 1.82) is 0 Å². The van der Waals surface area contributed by atoms with Gasteiger partial charge in [-0.15, -0.1) is 0 Å². The van der Waals surface area contributed by atoms with Crippen LogP contribution in [0.3, 0.4) is 0 Å². The molecule has 0 fully saturated rings. The number of carbonyl (C=O) groups excluding carboxylic acids is 1. The maximum atomic E-state index is 12.2. The third-order valence-corrected chi connectivity index (χ3v) is 6.05. The van der Waals surface area contributed by atoms with Gasteiger partial charge in [0, 0.05) is 12.0 Å².